The van der Waals surface area contributed by atoms with Crippen molar-refractivity contribution < 1.29 is 22.4 Å². The number of carbonyl (C=O) groups excluding carboxylic acids is 1. The highest BCUT2D eigenvalue weighted by atomic mass is 35.5. The maximum absolute atomic E-state index is 13.9. The third-order valence-corrected chi connectivity index (χ3v) is 4.00. The molecule has 2 heterocycles. The van der Waals surface area contributed by atoms with Crippen LogP contribution in [0.2, 0.25) is 0 Å². The number of piperidine rings is 1. The van der Waals surface area contributed by atoms with E-state index in [4.69, 9.17) is 0 Å². The summed E-state index contributed by atoms with van der Waals surface area (Å²) in [7, 11) is 0. The zero-order valence-electron chi connectivity index (χ0n) is 13.5. The second-order valence-corrected chi connectivity index (χ2v) is 5.78. The maximum atomic E-state index is 13.9. The van der Waals surface area contributed by atoms with Crippen LogP contribution in [0.15, 0.2) is 30.5 Å². The molecule has 0 bridgehead atoms. The predicted molar refractivity (Wildman–Crippen MR) is 89.1 cm³/mol. The summed E-state index contributed by atoms with van der Waals surface area (Å²) in [6.45, 7) is 1.31. The maximum Gasteiger partial charge on any atom is 0.434 e. The lowest BCUT2D eigenvalue weighted by Gasteiger charge is -2.24. The first kappa shape index (κ1) is 20.2. The second-order valence-electron chi connectivity index (χ2n) is 5.78. The van der Waals surface area contributed by atoms with Crippen LogP contribution in [0.4, 0.5) is 17.6 Å². The van der Waals surface area contributed by atoms with E-state index in [9.17, 15) is 22.4 Å². The van der Waals surface area contributed by atoms with Gasteiger partial charge in [-0.25, -0.2) is 9.07 Å². The molecule has 1 aromatic heterocycles. The second kappa shape index (κ2) is 8.05. The largest absolute Gasteiger partial charge is 0.434 e. The molecule has 1 fully saturated rings. The molecule has 1 atom stereocenters. The van der Waals surface area contributed by atoms with Gasteiger partial charge in [0.05, 0.1) is 11.8 Å². The Labute approximate surface area is 153 Å². The van der Waals surface area contributed by atoms with Crippen LogP contribution in [-0.4, -0.2) is 34.8 Å². The lowest BCUT2D eigenvalue weighted by Crippen LogP contribution is -2.45. The van der Waals surface area contributed by atoms with E-state index in [1.54, 1.807) is 0 Å². The van der Waals surface area contributed by atoms with Crippen molar-refractivity contribution in [3.8, 4) is 5.69 Å². The quantitative estimate of drug-likeness (QED) is 0.790. The summed E-state index contributed by atoms with van der Waals surface area (Å²) in [6.07, 6.45) is -2.54. The number of benzene rings is 1. The Kier molecular flexibility index (Phi) is 6.25. The zero-order valence-corrected chi connectivity index (χ0v) is 14.3. The normalized spacial score (nSPS) is 17.5. The highest BCUT2D eigenvalue weighted by Crippen LogP contribution is 2.34. The Balaban J connectivity index is 0.00000243. The lowest BCUT2D eigenvalue weighted by atomic mass is 10.1. The van der Waals surface area contributed by atoms with Crippen LogP contribution in [0.1, 0.15) is 28.9 Å². The highest BCUT2D eigenvalue weighted by molar-refractivity contribution is 5.95. The van der Waals surface area contributed by atoms with Gasteiger partial charge < -0.3 is 10.6 Å². The van der Waals surface area contributed by atoms with Crippen LogP contribution in [0.5, 0.6) is 0 Å². The number of nitrogens with one attached hydrogen (secondary N) is 2. The van der Waals surface area contributed by atoms with Gasteiger partial charge in [-0.1, -0.05) is 12.1 Å². The first-order valence-corrected chi connectivity index (χ1v) is 7.79. The van der Waals surface area contributed by atoms with Gasteiger partial charge in [0.25, 0.3) is 5.91 Å². The Morgan fingerprint density at radius 2 is 2.04 bits per heavy atom. The van der Waals surface area contributed by atoms with Gasteiger partial charge in [0.2, 0.25) is 0 Å². The van der Waals surface area contributed by atoms with Gasteiger partial charge in [-0.15, -0.1) is 12.4 Å². The molecule has 26 heavy (non-hydrogen) atoms. The average Bonchev–Trinajstić information content (AvgIpc) is 3.01. The van der Waals surface area contributed by atoms with Crippen molar-refractivity contribution in [1.29, 1.82) is 0 Å². The summed E-state index contributed by atoms with van der Waals surface area (Å²) < 4.78 is 54.9. The number of amides is 1. The molecule has 1 unspecified atom stereocenters. The number of nitrogens with zero attached hydrogens (tertiary/aromatic N) is 2. The fraction of sp³-hybridized carbons (Fsp3) is 0.375. The number of carbonyl (C=O) groups is 1. The molecule has 0 saturated carbocycles. The fourth-order valence-electron chi connectivity index (χ4n) is 2.83. The molecule has 2 N–H and O–H groups in total. The van der Waals surface area contributed by atoms with Crippen molar-refractivity contribution >= 4 is 18.3 Å². The van der Waals surface area contributed by atoms with E-state index in [0.717, 1.165) is 25.2 Å². The molecule has 1 aliphatic heterocycles. The third-order valence-electron chi connectivity index (χ3n) is 4.00. The Morgan fingerprint density at radius 1 is 1.31 bits per heavy atom. The topological polar surface area (TPSA) is 59.0 Å². The molecule has 1 aromatic carbocycles. The molecular formula is C16H17ClF4N4O. The number of halogens is 5. The lowest BCUT2D eigenvalue weighted by molar-refractivity contribution is -0.143. The van der Waals surface area contributed by atoms with Gasteiger partial charge in [0.1, 0.15) is 11.5 Å². The number of alkyl halides is 3. The van der Waals surface area contributed by atoms with Crippen molar-refractivity contribution in [3.63, 3.8) is 0 Å². The Hall–Kier alpha value is -2.13. The summed E-state index contributed by atoms with van der Waals surface area (Å²) in [5.41, 5.74) is -2.28. The smallest absolute Gasteiger partial charge is 0.348 e. The van der Waals surface area contributed by atoms with Gasteiger partial charge in [0, 0.05) is 12.6 Å². The molecule has 0 radical (unpaired) electrons. The van der Waals surface area contributed by atoms with Crippen LogP contribution in [0.3, 0.4) is 0 Å². The van der Waals surface area contributed by atoms with E-state index < -0.39 is 29.2 Å². The molecule has 2 aromatic rings. The van der Waals surface area contributed by atoms with Crippen molar-refractivity contribution in [2.75, 3.05) is 13.1 Å². The van der Waals surface area contributed by atoms with E-state index in [2.05, 4.69) is 15.7 Å². The third kappa shape index (κ3) is 4.16. The first-order valence-electron chi connectivity index (χ1n) is 7.79. The van der Waals surface area contributed by atoms with Gasteiger partial charge >= 0.3 is 6.18 Å². The summed E-state index contributed by atoms with van der Waals surface area (Å²) in [6, 6.07) is 4.71. The molecule has 1 saturated heterocycles. The van der Waals surface area contributed by atoms with E-state index in [-0.39, 0.29) is 24.1 Å². The van der Waals surface area contributed by atoms with Crippen LogP contribution in [0.25, 0.3) is 5.69 Å². The SMILES string of the molecule is Cl.O=C(NC1CCCNC1)c1cnn(-c2ccccc2F)c1C(F)(F)F. The van der Waals surface area contributed by atoms with Crippen molar-refractivity contribution in [3.05, 3.63) is 47.5 Å². The molecule has 1 amide bonds. The highest BCUT2D eigenvalue weighted by Gasteiger charge is 2.41. The van der Waals surface area contributed by atoms with Crippen LogP contribution >= 0.6 is 12.4 Å². The molecule has 3 rings (SSSR count). The number of hydrogen-bond acceptors (Lipinski definition) is 3. The fourth-order valence-corrected chi connectivity index (χ4v) is 2.83. The number of rotatable bonds is 3. The van der Waals surface area contributed by atoms with E-state index in [1.807, 2.05) is 0 Å². The summed E-state index contributed by atoms with van der Waals surface area (Å²) in [4.78, 5) is 12.3. The first-order chi connectivity index (χ1) is 11.9. The van der Waals surface area contributed by atoms with Crippen molar-refractivity contribution in [2.24, 2.45) is 0 Å². The molecule has 5 nitrogen and oxygen atoms in total. The van der Waals surface area contributed by atoms with Crippen LogP contribution < -0.4 is 10.6 Å². The van der Waals surface area contributed by atoms with Gasteiger partial charge in [-0.2, -0.15) is 18.3 Å². The van der Waals surface area contributed by atoms with Gasteiger partial charge in [-0.05, 0) is 31.5 Å². The van der Waals surface area contributed by atoms with E-state index in [1.165, 1.54) is 18.2 Å². The zero-order chi connectivity index (χ0) is 18.0. The van der Waals surface area contributed by atoms with Gasteiger partial charge in [0.15, 0.2) is 5.69 Å². The number of aromatic nitrogens is 2. The molecule has 0 spiro atoms. The molecule has 142 valence electrons. The Morgan fingerprint density at radius 3 is 2.65 bits per heavy atom. The predicted octanol–water partition coefficient (Wildman–Crippen LogP) is 2.93. The average molecular weight is 393 g/mol. The molecule has 1 aliphatic rings. The molecule has 0 aliphatic carbocycles. The summed E-state index contributed by atoms with van der Waals surface area (Å²) in [5.74, 6) is -1.73. The van der Waals surface area contributed by atoms with Crippen molar-refractivity contribution in [1.82, 2.24) is 20.4 Å². The number of hydrogen-bond donors (Lipinski definition) is 2. The standard InChI is InChI=1S/C16H16F4N4O.ClH/c17-12-5-1-2-6-13(12)24-14(16(18,19)20)11(9-22-24)15(25)23-10-4-3-7-21-8-10;/h1-2,5-6,9-10,21H,3-4,7-8H2,(H,23,25);1H. The van der Waals surface area contributed by atoms with Crippen molar-refractivity contribution in [2.45, 2.75) is 25.1 Å². The monoisotopic (exact) mass is 392 g/mol. The molecule has 10 heteroatoms. The summed E-state index contributed by atoms with van der Waals surface area (Å²) in [5, 5.41) is 9.25. The van der Waals surface area contributed by atoms with E-state index in [0.29, 0.717) is 17.6 Å². The van der Waals surface area contributed by atoms with Crippen LogP contribution in [0, 0.1) is 5.82 Å². The summed E-state index contributed by atoms with van der Waals surface area (Å²) >= 11 is 0. The minimum absolute atomic E-state index is 0. The minimum atomic E-state index is -4.86. The minimum Gasteiger partial charge on any atom is -0.348 e. The van der Waals surface area contributed by atoms with E-state index >= 15 is 0 Å². The van der Waals surface area contributed by atoms with Crippen LogP contribution in [-0.2, 0) is 6.18 Å². The molecular weight excluding hydrogens is 376 g/mol. The van der Waals surface area contributed by atoms with Gasteiger partial charge in [-0.3, -0.25) is 4.79 Å². The number of para-hydroxylation sites is 1. The Bertz CT molecular complexity index is 772.